The van der Waals surface area contributed by atoms with Gasteiger partial charge in [-0.1, -0.05) is 19.1 Å². The van der Waals surface area contributed by atoms with Crippen molar-refractivity contribution in [2.45, 2.75) is 25.9 Å². The predicted molar refractivity (Wildman–Crippen MR) is 69.9 cm³/mol. The van der Waals surface area contributed by atoms with Gasteiger partial charge in [0.2, 0.25) is 5.91 Å². The molecule has 1 atom stereocenters. The van der Waals surface area contributed by atoms with Crippen LogP contribution in [0.1, 0.15) is 29.3 Å². The van der Waals surface area contributed by atoms with Crippen LogP contribution in [0.25, 0.3) is 0 Å². The van der Waals surface area contributed by atoms with E-state index in [2.05, 4.69) is 10.6 Å². The van der Waals surface area contributed by atoms with Crippen molar-refractivity contribution in [1.29, 1.82) is 0 Å². The Labute approximate surface area is 107 Å². The largest absolute Gasteiger partial charge is 0.357 e. The van der Waals surface area contributed by atoms with Crippen LogP contribution in [0.5, 0.6) is 0 Å². The van der Waals surface area contributed by atoms with Gasteiger partial charge in [0.05, 0.1) is 0 Å². The smallest absolute Gasteiger partial charge is 0.251 e. The van der Waals surface area contributed by atoms with E-state index in [-0.39, 0.29) is 11.8 Å². The van der Waals surface area contributed by atoms with Crippen LogP contribution < -0.4 is 16.4 Å². The zero-order valence-corrected chi connectivity index (χ0v) is 10.7. The Kier molecular flexibility index (Phi) is 5.32. The van der Waals surface area contributed by atoms with Gasteiger partial charge in [0, 0.05) is 19.2 Å². The lowest BCUT2D eigenvalue weighted by molar-refractivity contribution is -0.122. The zero-order chi connectivity index (χ0) is 13.5. The summed E-state index contributed by atoms with van der Waals surface area (Å²) >= 11 is 0. The van der Waals surface area contributed by atoms with Crippen molar-refractivity contribution in [1.82, 2.24) is 10.6 Å². The Morgan fingerprint density at radius 1 is 1.28 bits per heavy atom. The molecule has 0 fully saturated rings. The fraction of sp³-hybridized carbons (Fsp3) is 0.385. The van der Waals surface area contributed by atoms with Crippen molar-refractivity contribution in [2.24, 2.45) is 5.73 Å². The van der Waals surface area contributed by atoms with E-state index in [0.29, 0.717) is 18.5 Å². The van der Waals surface area contributed by atoms with Crippen molar-refractivity contribution in [3.63, 3.8) is 0 Å². The zero-order valence-electron chi connectivity index (χ0n) is 10.7. The minimum Gasteiger partial charge on any atom is -0.357 e. The summed E-state index contributed by atoms with van der Waals surface area (Å²) < 4.78 is 0. The van der Waals surface area contributed by atoms with Crippen LogP contribution in [0.4, 0.5) is 0 Å². The van der Waals surface area contributed by atoms with E-state index < -0.39 is 6.04 Å². The minimum atomic E-state index is -0.503. The Hall–Kier alpha value is -1.88. The molecule has 2 amide bonds. The summed E-state index contributed by atoms with van der Waals surface area (Å²) in [7, 11) is 1.55. The third-order valence-electron chi connectivity index (χ3n) is 2.73. The number of rotatable bonds is 5. The lowest BCUT2D eigenvalue weighted by Crippen LogP contribution is -2.45. The van der Waals surface area contributed by atoms with Gasteiger partial charge >= 0.3 is 0 Å². The topological polar surface area (TPSA) is 84.2 Å². The first kappa shape index (κ1) is 14.2. The average molecular weight is 249 g/mol. The fourth-order valence-electron chi connectivity index (χ4n) is 1.56. The third kappa shape index (κ3) is 3.56. The van der Waals surface area contributed by atoms with Crippen molar-refractivity contribution in [2.75, 3.05) is 7.05 Å². The number of nitrogens with one attached hydrogen (secondary N) is 2. The molecule has 0 aromatic heterocycles. The maximum Gasteiger partial charge on any atom is 0.251 e. The van der Waals surface area contributed by atoms with E-state index in [1.54, 1.807) is 31.3 Å². The van der Waals surface area contributed by atoms with Gasteiger partial charge in [-0.3, -0.25) is 9.59 Å². The lowest BCUT2D eigenvalue weighted by Gasteiger charge is -2.15. The summed E-state index contributed by atoms with van der Waals surface area (Å²) in [5.74, 6) is -0.446. The molecule has 0 spiro atoms. The number of carbonyl (C=O) groups excluding carboxylic acids is 2. The minimum absolute atomic E-state index is 0.190. The number of hydrogen-bond donors (Lipinski definition) is 3. The van der Waals surface area contributed by atoms with Gasteiger partial charge < -0.3 is 16.4 Å². The van der Waals surface area contributed by atoms with Crippen LogP contribution in [0.15, 0.2) is 24.3 Å². The number of carbonyl (C=O) groups is 2. The summed E-state index contributed by atoms with van der Waals surface area (Å²) in [4.78, 5) is 23.4. The van der Waals surface area contributed by atoms with E-state index in [1.165, 1.54) is 0 Å². The second-order valence-corrected chi connectivity index (χ2v) is 3.95. The van der Waals surface area contributed by atoms with Crippen LogP contribution in [-0.2, 0) is 11.3 Å². The number of amides is 2. The quantitative estimate of drug-likeness (QED) is 0.706. The molecule has 0 heterocycles. The maximum atomic E-state index is 11.9. The van der Waals surface area contributed by atoms with Gasteiger partial charge in [-0.15, -0.1) is 0 Å². The van der Waals surface area contributed by atoms with Gasteiger partial charge in [-0.25, -0.2) is 0 Å². The van der Waals surface area contributed by atoms with Gasteiger partial charge in [-0.05, 0) is 24.1 Å². The SMILES string of the molecule is CCC(NC(=O)c1ccc(CN)cc1)C(=O)NC. The second-order valence-electron chi connectivity index (χ2n) is 3.95. The van der Waals surface area contributed by atoms with E-state index in [0.717, 1.165) is 5.56 Å². The highest BCUT2D eigenvalue weighted by molar-refractivity contribution is 5.97. The Morgan fingerprint density at radius 2 is 1.89 bits per heavy atom. The Bertz CT molecular complexity index is 415. The first-order valence-corrected chi connectivity index (χ1v) is 5.93. The summed E-state index contributed by atoms with van der Waals surface area (Å²) in [5.41, 5.74) is 6.97. The molecular formula is C13H19N3O2. The average Bonchev–Trinajstić information content (AvgIpc) is 2.43. The lowest BCUT2D eigenvalue weighted by atomic mass is 10.1. The molecule has 0 aliphatic rings. The highest BCUT2D eigenvalue weighted by atomic mass is 16.2. The van der Waals surface area contributed by atoms with Gasteiger partial charge in [0.1, 0.15) is 6.04 Å². The summed E-state index contributed by atoms with van der Waals surface area (Å²) in [6.45, 7) is 2.29. The van der Waals surface area contributed by atoms with Crippen LogP contribution in [0.2, 0.25) is 0 Å². The molecule has 1 aromatic rings. The fourth-order valence-corrected chi connectivity index (χ4v) is 1.56. The van der Waals surface area contributed by atoms with Gasteiger partial charge in [-0.2, -0.15) is 0 Å². The number of hydrogen-bond acceptors (Lipinski definition) is 3. The summed E-state index contributed by atoms with van der Waals surface area (Å²) in [5, 5.41) is 5.21. The summed E-state index contributed by atoms with van der Waals surface area (Å²) in [6.07, 6.45) is 0.548. The highest BCUT2D eigenvalue weighted by Gasteiger charge is 2.17. The molecular weight excluding hydrogens is 230 g/mol. The van der Waals surface area contributed by atoms with Crippen molar-refractivity contribution < 1.29 is 9.59 Å². The monoisotopic (exact) mass is 249 g/mol. The first-order valence-electron chi connectivity index (χ1n) is 5.93. The molecule has 1 unspecified atom stereocenters. The molecule has 0 aliphatic carbocycles. The van der Waals surface area contributed by atoms with E-state index >= 15 is 0 Å². The molecule has 5 heteroatoms. The highest BCUT2D eigenvalue weighted by Crippen LogP contribution is 2.04. The van der Waals surface area contributed by atoms with E-state index in [4.69, 9.17) is 5.73 Å². The maximum absolute atomic E-state index is 11.9. The van der Waals surface area contributed by atoms with Crippen molar-refractivity contribution in [3.05, 3.63) is 35.4 Å². The molecule has 0 bridgehead atoms. The number of nitrogens with two attached hydrogens (primary N) is 1. The van der Waals surface area contributed by atoms with Crippen LogP contribution in [0.3, 0.4) is 0 Å². The Morgan fingerprint density at radius 3 is 2.33 bits per heavy atom. The molecule has 1 aromatic carbocycles. The number of benzene rings is 1. The molecule has 4 N–H and O–H groups in total. The molecule has 98 valence electrons. The van der Waals surface area contributed by atoms with Gasteiger partial charge in [0.15, 0.2) is 0 Å². The molecule has 18 heavy (non-hydrogen) atoms. The first-order chi connectivity index (χ1) is 8.62. The van der Waals surface area contributed by atoms with E-state index in [1.807, 2.05) is 6.92 Å². The van der Waals surface area contributed by atoms with Crippen molar-refractivity contribution in [3.8, 4) is 0 Å². The van der Waals surface area contributed by atoms with Crippen LogP contribution >= 0.6 is 0 Å². The molecule has 1 rings (SSSR count). The van der Waals surface area contributed by atoms with Gasteiger partial charge in [0.25, 0.3) is 5.91 Å². The normalized spacial score (nSPS) is 11.7. The molecule has 0 aliphatic heterocycles. The standard InChI is InChI=1S/C13H19N3O2/c1-3-11(13(18)15-2)16-12(17)10-6-4-9(8-14)5-7-10/h4-7,11H,3,8,14H2,1-2H3,(H,15,18)(H,16,17). The van der Waals surface area contributed by atoms with Crippen LogP contribution in [0, 0.1) is 0 Å². The molecule has 0 saturated heterocycles. The van der Waals surface area contributed by atoms with Crippen molar-refractivity contribution >= 4 is 11.8 Å². The third-order valence-corrected chi connectivity index (χ3v) is 2.73. The molecule has 0 radical (unpaired) electrons. The van der Waals surface area contributed by atoms with Crippen LogP contribution in [-0.4, -0.2) is 24.9 Å². The summed E-state index contributed by atoms with van der Waals surface area (Å²) in [6, 6.07) is 6.50. The molecule has 5 nitrogen and oxygen atoms in total. The Balaban J connectivity index is 2.71. The second kappa shape index (κ2) is 6.76. The predicted octanol–water partition coefficient (Wildman–Crippen LogP) is 0.400. The molecule has 0 saturated carbocycles. The number of likely N-dealkylation sites (N-methyl/N-ethyl adjacent to an activating group) is 1. The van der Waals surface area contributed by atoms with E-state index in [9.17, 15) is 9.59 Å².